The van der Waals surface area contributed by atoms with Crippen LogP contribution in [0, 0.1) is 0 Å². The number of carbonyl (C=O) groups is 2. The monoisotopic (exact) mass is 241 g/mol. The van der Waals surface area contributed by atoms with Gasteiger partial charge in [-0.1, -0.05) is 6.07 Å². The van der Waals surface area contributed by atoms with E-state index in [2.05, 4.69) is 0 Å². The number of rotatable bonds is 3. The molecule has 17 heavy (non-hydrogen) atoms. The molecule has 0 bridgehead atoms. The van der Waals surface area contributed by atoms with Crippen molar-refractivity contribution < 1.29 is 24.9 Å². The van der Waals surface area contributed by atoms with Gasteiger partial charge in [0.05, 0.1) is 12.2 Å². The summed E-state index contributed by atoms with van der Waals surface area (Å²) in [5.74, 6) is -2.08. The topological polar surface area (TPSA) is 121 Å². The van der Waals surface area contributed by atoms with Gasteiger partial charge < -0.3 is 21.1 Å². The third kappa shape index (κ3) is 4.62. The van der Waals surface area contributed by atoms with Gasteiger partial charge in [0.15, 0.2) is 5.78 Å². The lowest BCUT2D eigenvalue weighted by Crippen LogP contribution is -2.02. The number of nitrogens with two attached hydrogens (primary N) is 1. The number of aliphatic hydroxyl groups is 1. The second-order valence-corrected chi connectivity index (χ2v) is 3.08. The summed E-state index contributed by atoms with van der Waals surface area (Å²) < 4.78 is 0. The van der Waals surface area contributed by atoms with Gasteiger partial charge in [-0.2, -0.15) is 0 Å². The average molecular weight is 241 g/mol. The number of aromatic carboxylic acids is 1. The van der Waals surface area contributed by atoms with Crippen LogP contribution in [0.1, 0.15) is 27.6 Å². The zero-order valence-corrected chi connectivity index (χ0v) is 9.38. The number of ketones is 1. The Balaban J connectivity index is 0.000000557. The minimum Gasteiger partial charge on any atom is -0.506 e. The summed E-state index contributed by atoms with van der Waals surface area (Å²) in [7, 11) is 0. The van der Waals surface area contributed by atoms with E-state index in [1.807, 2.05) is 0 Å². The number of phenols is 1. The van der Waals surface area contributed by atoms with Gasteiger partial charge in [-0.3, -0.25) is 4.79 Å². The minimum atomic E-state index is -1.25. The number of carboxylic acid groups (broad SMARTS) is 1. The first-order valence-corrected chi connectivity index (χ1v) is 4.82. The summed E-state index contributed by atoms with van der Waals surface area (Å²) in [6, 6.07) is 4.04. The molecule has 0 aliphatic carbocycles. The second-order valence-electron chi connectivity index (χ2n) is 3.08. The molecule has 1 aromatic rings. The molecule has 1 aromatic carbocycles. The fraction of sp³-hybridized carbons (Fsp3) is 0.273. The third-order valence-corrected chi connectivity index (χ3v) is 1.77. The quantitative estimate of drug-likeness (QED) is 0.562. The molecule has 0 unspecified atom stereocenters. The lowest BCUT2D eigenvalue weighted by Gasteiger charge is -2.02. The molecule has 6 heteroatoms. The van der Waals surface area contributed by atoms with E-state index in [1.165, 1.54) is 25.1 Å². The number of hydrogen-bond donors (Lipinski definition) is 4. The largest absolute Gasteiger partial charge is 0.506 e. The number of carboxylic acids is 1. The highest BCUT2D eigenvalue weighted by atomic mass is 16.4. The normalized spacial score (nSPS) is 9.12. The van der Waals surface area contributed by atoms with Crippen LogP contribution < -0.4 is 5.73 Å². The molecule has 94 valence electrons. The van der Waals surface area contributed by atoms with Crippen molar-refractivity contribution in [2.24, 2.45) is 5.73 Å². The molecule has 0 spiro atoms. The molecule has 0 fully saturated rings. The highest BCUT2D eigenvalue weighted by Gasteiger charge is 2.14. The van der Waals surface area contributed by atoms with Crippen molar-refractivity contribution in [3.8, 4) is 5.75 Å². The van der Waals surface area contributed by atoms with Crippen molar-refractivity contribution in [2.75, 3.05) is 13.2 Å². The van der Waals surface area contributed by atoms with Gasteiger partial charge >= 0.3 is 5.97 Å². The van der Waals surface area contributed by atoms with E-state index in [-0.39, 0.29) is 23.5 Å². The van der Waals surface area contributed by atoms with Crippen molar-refractivity contribution in [2.45, 2.75) is 6.92 Å². The Morgan fingerprint density at radius 3 is 2.12 bits per heavy atom. The molecule has 0 saturated carbocycles. The molecular weight excluding hydrogens is 226 g/mol. The van der Waals surface area contributed by atoms with Gasteiger partial charge in [0.2, 0.25) is 0 Å². The molecule has 0 aliphatic heterocycles. The summed E-state index contributed by atoms with van der Waals surface area (Å²) >= 11 is 0. The first-order chi connectivity index (χ1) is 7.95. The van der Waals surface area contributed by atoms with Crippen LogP contribution in [-0.4, -0.2) is 40.2 Å². The van der Waals surface area contributed by atoms with Crippen LogP contribution in [-0.2, 0) is 0 Å². The van der Waals surface area contributed by atoms with E-state index < -0.39 is 11.7 Å². The number of hydrogen-bond acceptors (Lipinski definition) is 5. The van der Waals surface area contributed by atoms with E-state index >= 15 is 0 Å². The molecule has 0 atom stereocenters. The summed E-state index contributed by atoms with van der Waals surface area (Å²) in [6.07, 6.45) is 0. The second kappa shape index (κ2) is 7.37. The lowest BCUT2D eigenvalue weighted by atomic mass is 10.1. The maximum Gasteiger partial charge on any atom is 0.339 e. The fourth-order valence-corrected chi connectivity index (χ4v) is 1.00. The van der Waals surface area contributed by atoms with Crippen LogP contribution in [0.3, 0.4) is 0 Å². The van der Waals surface area contributed by atoms with Crippen LogP contribution in [0.2, 0.25) is 0 Å². The predicted octanol–water partition coefficient (Wildman–Crippen LogP) is 0.230. The Bertz CT molecular complexity index is 369. The van der Waals surface area contributed by atoms with Crippen molar-refractivity contribution in [3.05, 3.63) is 29.3 Å². The zero-order chi connectivity index (χ0) is 13.4. The van der Waals surface area contributed by atoms with Gasteiger partial charge in [0.1, 0.15) is 11.3 Å². The van der Waals surface area contributed by atoms with E-state index in [4.69, 9.17) is 15.9 Å². The van der Waals surface area contributed by atoms with Crippen LogP contribution in [0.25, 0.3) is 0 Å². The third-order valence-electron chi connectivity index (χ3n) is 1.77. The lowest BCUT2D eigenvalue weighted by molar-refractivity contribution is 0.0693. The van der Waals surface area contributed by atoms with Crippen LogP contribution in [0.5, 0.6) is 5.75 Å². The van der Waals surface area contributed by atoms with Crippen molar-refractivity contribution in [1.82, 2.24) is 0 Å². The highest BCUT2D eigenvalue weighted by Crippen LogP contribution is 2.22. The Morgan fingerprint density at radius 2 is 1.76 bits per heavy atom. The Kier molecular flexibility index (Phi) is 6.54. The number of aliphatic hydroxyl groups excluding tert-OH is 1. The van der Waals surface area contributed by atoms with Gasteiger partial charge in [-0.25, -0.2) is 4.79 Å². The van der Waals surface area contributed by atoms with E-state index in [1.54, 1.807) is 0 Å². The Hall–Kier alpha value is -1.92. The summed E-state index contributed by atoms with van der Waals surface area (Å²) in [4.78, 5) is 21.4. The molecule has 0 aromatic heterocycles. The maximum atomic E-state index is 10.9. The van der Waals surface area contributed by atoms with E-state index in [9.17, 15) is 14.7 Å². The number of aromatic hydroxyl groups is 1. The van der Waals surface area contributed by atoms with Crippen molar-refractivity contribution in [3.63, 3.8) is 0 Å². The molecule has 6 nitrogen and oxygen atoms in total. The smallest absolute Gasteiger partial charge is 0.339 e. The first-order valence-electron chi connectivity index (χ1n) is 4.82. The van der Waals surface area contributed by atoms with Crippen LogP contribution in [0.4, 0.5) is 0 Å². The number of Topliss-reactive ketones (excluding diaryl/α,β-unsaturated/α-hetero) is 1. The molecule has 1 rings (SSSR count). The minimum absolute atomic E-state index is 0.0277. The molecule has 0 radical (unpaired) electrons. The first kappa shape index (κ1) is 15.1. The predicted molar refractivity (Wildman–Crippen MR) is 61.2 cm³/mol. The average Bonchev–Trinajstić information content (AvgIpc) is 2.29. The summed E-state index contributed by atoms with van der Waals surface area (Å²) in [5.41, 5.74) is 4.55. The molecule has 0 heterocycles. The molecular formula is C11H15NO5. The summed E-state index contributed by atoms with van der Waals surface area (Å²) in [5, 5.41) is 25.7. The zero-order valence-electron chi connectivity index (χ0n) is 9.38. The SMILES string of the molecule is CC(=O)c1cccc(C(=O)O)c1O.NCCO. The standard InChI is InChI=1S/C9H8O4.C2H7NO/c1-5(10)6-3-2-4-7(8(6)11)9(12)13;3-1-2-4/h2-4,11H,1H3,(H,12,13);4H,1-3H2. The van der Waals surface area contributed by atoms with Gasteiger partial charge in [-0.15, -0.1) is 0 Å². The van der Waals surface area contributed by atoms with E-state index in [0.717, 1.165) is 0 Å². The van der Waals surface area contributed by atoms with Crippen molar-refractivity contribution >= 4 is 11.8 Å². The molecule has 0 saturated heterocycles. The van der Waals surface area contributed by atoms with Crippen molar-refractivity contribution in [1.29, 1.82) is 0 Å². The van der Waals surface area contributed by atoms with Gasteiger partial charge in [0.25, 0.3) is 0 Å². The molecule has 0 aliphatic rings. The number of carbonyl (C=O) groups excluding carboxylic acids is 1. The van der Waals surface area contributed by atoms with Gasteiger partial charge in [-0.05, 0) is 19.1 Å². The summed E-state index contributed by atoms with van der Waals surface area (Å²) in [6.45, 7) is 1.74. The highest BCUT2D eigenvalue weighted by molar-refractivity contribution is 6.01. The molecule has 5 N–H and O–H groups in total. The Labute approximate surface area is 98.3 Å². The van der Waals surface area contributed by atoms with Crippen LogP contribution >= 0.6 is 0 Å². The number of benzene rings is 1. The molecule has 0 amide bonds. The van der Waals surface area contributed by atoms with Gasteiger partial charge in [0, 0.05) is 6.54 Å². The maximum absolute atomic E-state index is 10.9. The number of para-hydroxylation sites is 1. The van der Waals surface area contributed by atoms with E-state index in [0.29, 0.717) is 6.54 Å². The van der Waals surface area contributed by atoms with Crippen LogP contribution in [0.15, 0.2) is 18.2 Å². The Morgan fingerprint density at radius 1 is 1.29 bits per heavy atom. The fourth-order valence-electron chi connectivity index (χ4n) is 1.00.